The van der Waals surface area contributed by atoms with Crippen molar-refractivity contribution in [2.24, 2.45) is 0 Å². The Morgan fingerprint density at radius 2 is 0.562 bits per heavy atom. The average molecular weight is 1030 g/mol. The maximum absolute atomic E-state index is 12.5. The van der Waals surface area contributed by atoms with E-state index in [1.807, 2.05) is 0 Å². The van der Waals surface area contributed by atoms with E-state index in [1.165, 1.54) is 302 Å². The van der Waals surface area contributed by atoms with Gasteiger partial charge in [-0.1, -0.05) is 354 Å². The molecule has 0 aromatic heterocycles. The highest BCUT2D eigenvalue weighted by Crippen LogP contribution is 2.19. The minimum Gasteiger partial charge on any atom is -0.466 e. The van der Waals surface area contributed by atoms with E-state index in [2.05, 4.69) is 19.2 Å². The zero-order valence-corrected chi connectivity index (χ0v) is 49.9. The van der Waals surface area contributed by atoms with Crippen molar-refractivity contribution in [2.45, 2.75) is 405 Å². The second kappa shape index (κ2) is 63.4. The van der Waals surface area contributed by atoms with E-state index in [0.717, 1.165) is 57.8 Å². The number of aliphatic hydroxyl groups is 2. The molecule has 0 aromatic rings. The summed E-state index contributed by atoms with van der Waals surface area (Å²) in [5.41, 5.74) is 0. The number of ether oxygens (including phenoxy) is 1. The minimum atomic E-state index is -0.675. The third-order valence-corrected chi connectivity index (χ3v) is 16.2. The Kier molecular flexibility index (Phi) is 62.4. The van der Waals surface area contributed by atoms with Crippen LogP contribution < -0.4 is 5.32 Å². The molecule has 6 nitrogen and oxygen atoms in total. The third-order valence-electron chi connectivity index (χ3n) is 16.2. The standard InChI is InChI=1S/C67H133NO5/c1-3-5-7-9-11-13-15-17-19-21-23-24-25-26-27-28-30-31-33-35-39-43-47-51-55-59-65(70)64(63-69)68-66(71)60-56-52-48-44-40-37-38-42-46-50-54-58-62-73-67(72)61-57-53-49-45-41-36-34-32-29-22-20-18-16-14-12-10-8-6-4-2/h64-65,69-70H,3-63H2,1-2H3,(H,68,71). The summed E-state index contributed by atoms with van der Waals surface area (Å²) in [7, 11) is 0. The lowest BCUT2D eigenvalue weighted by Gasteiger charge is -2.22. The first-order chi connectivity index (χ1) is 36.0. The molecular weight excluding hydrogens is 899 g/mol. The number of hydrogen-bond acceptors (Lipinski definition) is 5. The van der Waals surface area contributed by atoms with Crippen molar-refractivity contribution in [1.29, 1.82) is 0 Å². The number of esters is 1. The predicted molar refractivity (Wildman–Crippen MR) is 320 cm³/mol. The number of aliphatic hydroxyl groups excluding tert-OH is 2. The van der Waals surface area contributed by atoms with Crippen LogP contribution in [0.5, 0.6) is 0 Å². The number of hydrogen-bond donors (Lipinski definition) is 3. The first-order valence-corrected chi connectivity index (χ1v) is 33.8. The highest BCUT2D eigenvalue weighted by atomic mass is 16.5. The molecule has 0 aliphatic heterocycles. The van der Waals surface area contributed by atoms with E-state index in [1.54, 1.807) is 0 Å². The smallest absolute Gasteiger partial charge is 0.305 e. The quantitative estimate of drug-likeness (QED) is 0.0417. The molecule has 0 fully saturated rings. The third kappa shape index (κ3) is 60.0. The number of nitrogens with one attached hydrogen (secondary N) is 1. The van der Waals surface area contributed by atoms with E-state index in [4.69, 9.17) is 4.74 Å². The fourth-order valence-corrected chi connectivity index (χ4v) is 11.0. The van der Waals surface area contributed by atoms with Crippen LogP contribution in [0.2, 0.25) is 0 Å². The van der Waals surface area contributed by atoms with Gasteiger partial charge in [-0.3, -0.25) is 9.59 Å². The molecule has 1 amide bonds. The topological polar surface area (TPSA) is 95.9 Å². The minimum absolute atomic E-state index is 0.00234. The second-order valence-electron chi connectivity index (χ2n) is 23.5. The monoisotopic (exact) mass is 1030 g/mol. The highest BCUT2D eigenvalue weighted by molar-refractivity contribution is 5.76. The molecule has 0 aliphatic rings. The van der Waals surface area contributed by atoms with Gasteiger partial charge >= 0.3 is 5.97 Å². The van der Waals surface area contributed by atoms with Gasteiger partial charge in [-0.05, 0) is 25.7 Å². The summed E-state index contributed by atoms with van der Waals surface area (Å²) >= 11 is 0. The second-order valence-corrected chi connectivity index (χ2v) is 23.5. The molecule has 0 aliphatic carbocycles. The van der Waals surface area contributed by atoms with Gasteiger partial charge < -0.3 is 20.3 Å². The largest absolute Gasteiger partial charge is 0.466 e. The molecule has 0 aromatic carbocycles. The Hall–Kier alpha value is -1.14. The molecule has 0 saturated heterocycles. The van der Waals surface area contributed by atoms with Gasteiger partial charge in [0, 0.05) is 12.8 Å². The normalized spacial score (nSPS) is 12.4. The van der Waals surface area contributed by atoms with Crippen molar-refractivity contribution in [3.05, 3.63) is 0 Å². The van der Waals surface area contributed by atoms with E-state index in [-0.39, 0.29) is 18.5 Å². The zero-order chi connectivity index (χ0) is 52.9. The molecule has 0 heterocycles. The molecule has 0 spiro atoms. The average Bonchev–Trinajstić information content (AvgIpc) is 3.39. The van der Waals surface area contributed by atoms with Gasteiger partial charge in [0.25, 0.3) is 0 Å². The van der Waals surface area contributed by atoms with Gasteiger partial charge in [-0.15, -0.1) is 0 Å². The van der Waals surface area contributed by atoms with E-state index in [0.29, 0.717) is 25.9 Å². The molecule has 73 heavy (non-hydrogen) atoms. The maximum Gasteiger partial charge on any atom is 0.305 e. The number of unbranched alkanes of at least 4 members (excludes halogenated alkanes) is 53. The first kappa shape index (κ1) is 71.9. The van der Waals surface area contributed by atoms with Crippen LogP contribution in [0.3, 0.4) is 0 Å². The molecule has 2 atom stereocenters. The van der Waals surface area contributed by atoms with Crippen LogP contribution in [0, 0.1) is 0 Å². The van der Waals surface area contributed by atoms with Gasteiger partial charge in [0.05, 0.1) is 25.4 Å². The van der Waals surface area contributed by atoms with Gasteiger partial charge in [0.15, 0.2) is 0 Å². The van der Waals surface area contributed by atoms with E-state index in [9.17, 15) is 19.8 Å². The summed E-state index contributed by atoms with van der Waals surface area (Å²) in [5, 5.41) is 23.4. The van der Waals surface area contributed by atoms with Crippen LogP contribution in [-0.2, 0) is 14.3 Å². The van der Waals surface area contributed by atoms with Crippen molar-refractivity contribution in [3.8, 4) is 0 Å². The molecule has 0 rings (SSSR count). The summed E-state index contributed by atoms with van der Waals surface area (Å²) in [5.74, 6) is -0.0467. The maximum atomic E-state index is 12.5. The number of rotatable bonds is 64. The molecule has 3 N–H and O–H groups in total. The number of carbonyl (C=O) groups is 2. The number of carbonyl (C=O) groups excluding carboxylic acids is 2. The van der Waals surface area contributed by atoms with Gasteiger partial charge in [0.1, 0.15) is 0 Å². The van der Waals surface area contributed by atoms with Crippen LogP contribution >= 0.6 is 0 Å². The highest BCUT2D eigenvalue weighted by Gasteiger charge is 2.20. The van der Waals surface area contributed by atoms with E-state index < -0.39 is 12.1 Å². The molecule has 0 saturated carbocycles. The Morgan fingerprint density at radius 3 is 0.836 bits per heavy atom. The molecule has 0 bridgehead atoms. The molecule has 0 radical (unpaired) electrons. The summed E-state index contributed by atoms with van der Waals surface area (Å²) in [6, 6.07) is -0.553. The van der Waals surface area contributed by atoms with Crippen LogP contribution in [0.1, 0.15) is 393 Å². The zero-order valence-electron chi connectivity index (χ0n) is 49.9. The van der Waals surface area contributed by atoms with Crippen LogP contribution in [0.25, 0.3) is 0 Å². The van der Waals surface area contributed by atoms with E-state index >= 15 is 0 Å². The lowest BCUT2D eigenvalue weighted by Crippen LogP contribution is -2.45. The van der Waals surface area contributed by atoms with Crippen molar-refractivity contribution in [3.63, 3.8) is 0 Å². The summed E-state index contributed by atoms with van der Waals surface area (Å²) in [6.45, 7) is 4.97. The Balaban J connectivity index is 3.41. The van der Waals surface area contributed by atoms with Crippen LogP contribution in [-0.4, -0.2) is 47.4 Å². The SMILES string of the molecule is CCCCCCCCCCCCCCCCCCCCCCCCCCCC(O)C(CO)NC(=O)CCCCCCCCCCCCCCOC(=O)CCCCCCCCCCCCCCCCCCCCC. The first-order valence-electron chi connectivity index (χ1n) is 33.8. The van der Waals surface area contributed by atoms with Crippen molar-refractivity contribution >= 4 is 11.9 Å². The van der Waals surface area contributed by atoms with Crippen molar-refractivity contribution in [1.82, 2.24) is 5.32 Å². The van der Waals surface area contributed by atoms with Crippen LogP contribution in [0.15, 0.2) is 0 Å². The fourth-order valence-electron chi connectivity index (χ4n) is 11.0. The lowest BCUT2D eigenvalue weighted by molar-refractivity contribution is -0.143. The molecule has 6 heteroatoms. The predicted octanol–water partition coefficient (Wildman–Crippen LogP) is 21.4. The van der Waals surface area contributed by atoms with Gasteiger partial charge in [0.2, 0.25) is 5.91 Å². The van der Waals surface area contributed by atoms with Crippen LogP contribution in [0.4, 0.5) is 0 Å². The summed E-state index contributed by atoms with van der Waals surface area (Å²) < 4.78 is 5.50. The Morgan fingerprint density at radius 1 is 0.329 bits per heavy atom. The molecule has 436 valence electrons. The summed E-state index contributed by atoms with van der Waals surface area (Å²) in [4.78, 5) is 24.7. The fraction of sp³-hybridized carbons (Fsp3) is 0.970. The molecule has 2 unspecified atom stereocenters. The van der Waals surface area contributed by atoms with Gasteiger partial charge in [-0.25, -0.2) is 0 Å². The van der Waals surface area contributed by atoms with Crippen molar-refractivity contribution < 1.29 is 24.5 Å². The lowest BCUT2D eigenvalue weighted by atomic mass is 10.0. The van der Waals surface area contributed by atoms with Gasteiger partial charge in [-0.2, -0.15) is 0 Å². The molecular formula is C67H133NO5. The number of amides is 1. The summed E-state index contributed by atoms with van der Waals surface area (Å²) in [6.07, 6.45) is 75.6. The Labute approximate surface area is 457 Å². The van der Waals surface area contributed by atoms with Crippen molar-refractivity contribution in [2.75, 3.05) is 13.2 Å². The Bertz CT molecular complexity index is 1050.